The number of benzene rings is 1. The predicted octanol–water partition coefficient (Wildman–Crippen LogP) is 3.94. The summed E-state index contributed by atoms with van der Waals surface area (Å²) < 4.78 is 0. The van der Waals surface area contributed by atoms with Gasteiger partial charge in [0, 0.05) is 18.8 Å². The van der Waals surface area contributed by atoms with Crippen LogP contribution >= 0.6 is 0 Å². The van der Waals surface area contributed by atoms with Gasteiger partial charge in [0.1, 0.15) is 0 Å². The molecule has 0 bridgehead atoms. The molecule has 0 radical (unpaired) electrons. The van der Waals surface area contributed by atoms with Crippen LogP contribution in [-0.2, 0) is 4.79 Å². The molecule has 0 heterocycles. The molecule has 0 saturated heterocycles. The smallest absolute Gasteiger partial charge is 0.308 e. The highest BCUT2D eigenvalue weighted by Crippen LogP contribution is 2.27. The lowest BCUT2D eigenvalue weighted by Crippen LogP contribution is -2.33. The van der Waals surface area contributed by atoms with Crippen LogP contribution in [0.4, 0.5) is 5.69 Å². The van der Waals surface area contributed by atoms with Crippen molar-refractivity contribution < 1.29 is 9.90 Å². The van der Waals surface area contributed by atoms with E-state index in [1.165, 1.54) is 22.4 Å². The summed E-state index contributed by atoms with van der Waals surface area (Å²) in [5.41, 5.74) is 4.93. The van der Waals surface area contributed by atoms with Crippen molar-refractivity contribution in [1.82, 2.24) is 0 Å². The van der Waals surface area contributed by atoms with E-state index in [2.05, 4.69) is 44.7 Å². The molecule has 0 fully saturated rings. The molecule has 0 spiro atoms. The van der Waals surface area contributed by atoms with Crippen LogP contribution < -0.4 is 4.90 Å². The Morgan fingerprint density at radius 2 is 1.80 bits per heavy atom. The van der Waals surface area contributed by atoms with Crippen molar-refractivity contribution in [2.24, 2.45) is 5.92 Å². The van der Waals surface area contributed by atoms with Gasteiger partial charge in [-0.25, -0.2) is 0 Å². The van der Waals surface area contributed by atoms with Crippen molar-refractivity contribution in [1.29, 1.82) is 0 Å². The van der Waals surface area contributed by atoms with E-state index in [1.54, 1.807) is 6.92 Å². The number of hydrogen-bond donors (Lipinski definition) is 1. The first-order chi connectivity index (χ1) is 9.36. The zero-order valence-corrected chi connectivity index (χ0v) is 13.4. The normalized spacial score (nSPS) is 12.2. The Morgan fingerprint density at radius 1 is 1.25 bits per heavy atom. The number of carboxylic acid groups (broad SMARTS) is 1. The summed E-state index contributed by atoms with van der Waals surface area (Å²) in [5.74, 6) is -1.08. The number of rotatable bonds is 7. The Morgan fingerprint density at radius 3 is 2.25 bits per heavy atom. The summed E-state index contributed by atoms with van der Waals surface area (Å²) in [5, 5.41) is 9.16. The second kappa shape index (κ2) is 7.32. The summed E-state index contributed by atoms with van der Waals surface area (Å²) in [6.07, 6.45) is 2.20. The van der Waals surface area contributed by atoms with E-state index < -0.39 is 5.97 Å². The Balaban J connectivity index is 3.07. The average Bonchev–Trinajstić information content (AvgIpc) is 2.33. The van der Waals surface area contributed by atoms with Crippen LogP contribution in [0.3, 0.4) is 0 Å². The monoisotopic (exact) mass is 277 g/mol. The third kappa shape index (κ3) is 4.26. The van der Waals surface area contributed by atoms with Crippen molar-refractivity contribution in [2.75, 3.05) is 18.0 Å². The quantitative estimate of drug-likeness (QED) is 0.820. The van der Waals surface area contributed by atoms with Crippen LogP contribution in [0, 0.1) is 26.7 Å². The first-order valence-corrected chi connectivity index (χ1v) is 7.42. The summed E-state index contributed by atoms with van der Waals surface area (Å²) in [4.78, 5) is 13.4. The zero-order valence-electron chi connectivity index (χ0n) is 13.4. The van der Waals surface area contributed by atoms with Gasteiger partial charge in [0.05, 0.1) is 5.92 Å². The van der Waals surface area contributed by atoms with E-state index in [0.717, 1.165) is 19.4 Å². The van der Waals surface area contributed by atoms with Crippen molar-refractivity contribution in [3.63, 3.8) is 0 Å². The fourth-order valence-corrected chi connectivity index (χ4v) is 2.72. The number of unbranched alkanes of at least 4 members (excludes halogenated alkanes) is 1. The number of aryl methyl sites for hydroxylation is 3. The van der Waals surface area contributed by atoms with Gasteiger partial charge in [-0.15, -0.1) is 0 Å². The third-order valence-corrected chi connectivity index (χ3v) is 3.65. The fraction of sp³-hybridized carbons (Fsp3) is 0.588. The minimum absolute atomic E-state index is 0.355. The topological polar surface area (TPSA) is 40.5 Å². The van der Waals surface area contributed by atoms with Crippen LogP contribution in [-0.4, -0.2) is 24.2 Å². The second-order valence-electron chi connectivity index (χ2n) is 5.79. The summed E-state index contributed by atoms with van der Waals surface area (Å²) >= 11 is 0. The molecule has 1 aromatic rings. The molecule has 0 aliphatic carbocycles. The van der Waals surface area contributed by atoms with Crippen molar-refractivity contribution in [3.8, 4) is 0 Å². The van der Waals surface area contributed by atoms with Gasteiger partial charge in [-0.3, -0.25) is 4.79 Å². The molecule has 0 saturated carbocycles. The van der Waals surface area contributed by atoms with Crippen molar-refractivity contribution in [3.05, 3.63) is 28.8 Å². The Hall–Kier alpha value is -1.51. The van der Waals surface area contributed by atoms with Crippen LogP contribution in [0.15, 0.2) is 12.1 Å². The molecule has 1 unspecified atom stereocenters. The summed E-state index contributed by atoms with van der Waals surface area (Å²) in [6, 6.07) is 4.35. The maximum Gasteiger partial charge on any atom is 0.308 e. The molecule has 0 aliphatic heterocycles. The Labute approximate surface area is 122 Å². The molecule has 0 amide bonds. The molecule has 1 rings (SSSR count). The first-order valence-electron chi connectivity index (χ1n) is 7.42. The predicted molar refractivity (Wildman–Crippen MR) is 84.6 cm³/mol. The first kappa shape index (κ1) is 16.5. The molecule has 0 aliphatic rings. The average molecular weight is 277 g/mol. The number of carboxylic acids is 1. The van der Waals surface area contributed by atoms with Crippen LogP contribution in [0.2, 0.25) is 0 Å². The van der Waals surface area contributed by atoms with E-state index in [-0.39, 0.29) is 5.92 Å². The van der Waals surface area contributed by atoms with Gasteiger partial charge >= 0.3 is 5.97 Å². The molecule has 20 heavy (non-hydrogen) atoms. The van der Waals surface area contributed by atoms with Gasteiger partial charge in [-0.05, 0) is 38.3 Å². The van der Waals surface area contributed by atoms with Crippen molar-refractivity contribution in [2.45, 2.75) is 47.5 Å². The van der Waals surface area contributed by atoms with Crippen LogP contribution in [0.1, 0.15) is 43.4 Å². The lowest BCUT2D eigenvalue weighted by molar-refractivity contribution is -0.140. The lowest BCUT2D eigenvalue weighted by Gasteiger charge is -2.30. The number of carbonyl (C=O) groups is 1. The third-order valence-electron chi connectivity index (χ3n) is 3.65. The highest BCUT2D eigenvalue weighted by atomic mass is 16.4. The minimum Gasteiger partial charge on any atom is -0.481 e. The number of hydrogen-bond acceptors (Lipinski definition) is 2. The van der Waals surface area contributed by atoms with Gasteiger partial charge in [-0.2, -0.15) is 0 Å². The molecule has 1 aromatic carbocycles. The Kier molecular flexibility index (Phi) is 6.05. The van der Waals surface area contributed by atoms with E-state index in [9.17, 15) is 4.79 Å². The standard InChI is InChI=1S/C17H27NO2/c1-6-7-8-18(11-15(5)17(19)20)16-13(3)9-12(2)10-14(16)4/h9-10,15H,6-8,11H2,1-5H3,(H,19,20). The van der Waals surface area contributed by atoms with Gasteiger partial charge < -0.3 is 10.0 Å². The van der Waals surface area contributed by atoms with E-state index >= 15 is 0 Å². The largest absolute Gasteiger partial charge is 0.481 e. The molecule has 0 aromatic heterocycles. The van der Waals surface area contributed by atoms with Gasteiger partial charge in [0.25, 0.3) is 0 Å². The zero-order chi connectivity index (χ0) is 15.3. The maximum absolute atomic E-state index is 11.1. The number of nitrogens with zero attached hydrogens (tertiary/aromatic N) is 1. The minimum atomic E-state index is -0.728. The maximum atomic E-state index is 11.1. The second-order valence-corrected chi connectivity index (χ2v) is 5.79. The molecule has 3 nitrogen and oxygen atoms in total. The fourth-order valence-electron chi connectivity index (χ4n) is 2.72. The lowest BCUT2D eigenvalue weighted by atomic mass is 10.0. The van der Waals surface area contributed by atoms with Gasteiger partial charge in [0.15, 0.2) is 0 Å². The molecule has 112 valence electrons. The molecule has 3 heteroatoms. The molecular formula is C17H27NO2. The summed E-state index contributed by atoms with van der Waals surface area (Å²) in [6.45, 7) is 11.7. The highest BCUT2D eigenvalue weighted by Gasteiger charge is 2.19. The van der Waals surface area contributed by atoms with E-state index in [0.29, 0.717) is 6.54 Å². The highest BCUT2D eigenvalue weighted by molar-refractivity contribution is 5.71. The van der Waals surface area contributed by atoms with Crippen LogP contribution in [0.25, 0.3) is 0 Å². The number of aliphatic carboxylic acids is 1. The van der Waals surface area contributed by atoms with E-state index in [4.69, 9.17) is 5.11 Å². The Bertz CT molecular complexity index is 445. The van der Waals surface area contributed by atoms with Crippen LogP contribution in [0.5, 0.6) is 0 Å². The molecular weight excluding hydrogens is 250 g/mol. The number of anilines is 1. The molecule has 1 N–H and O–H groups in total. The summed E-state index contributed by atoms with van der Waals surface area (Å²) in [7, 11) is 0. The van der Waals surface area contributed by atoms with Gasteiger partial charge in [0.2, 0.25) is 0 Å². The van der Waals surface area contributed by atoms with Gasteiger partial charge in [-0.1, -0.05) is 38.0 Å². The van der Waals surface area contributed by atoms with E-state index in [1.807, 2.05) is 0 Å². The van der Waals surface area contributed by atoms with Crippen molar-refractivity contribution >= 4 is 11.7 Å². The SMILES string of the molecule is CCCCN(CC(C)C(=O)O)c1c(C)cc(C)cc1C. The molecule has 1 atom stereocenters.